The minimum absolute atomic E-state index is 0.0394. The van der Waals surface area contributed by atoms with Crippen LogP contribution in [-0.4, -0.2) is 9.78 Å². The molecule has 0 aromatic carbocycles. The van der Waals surface area contributed by atoms with Gasteiger partial charge in [0.2, 0.25) is 0 Å². The highest BCUT2D eigenvalue weighted by Gasteiger charge is 2.18. The van der Waals surface area contributed by atoms with Gasteiger partial charge >= 0.3 is 0 Å². The van der Waals surface area contributed by atoms with E-state index in [9.17, 15) is 0 Å². The van der Waals surface area contributed by atoms with Crippen LogP contribution in [0.25, 0.3) is 0 Å². The summed E-state index contributed by atoms with van der Waals surface area (Å²) >= 11 is 0. The van der Waals surface area contributed by atoms with E-state index in [1.807, 2.05) is 31.6 Å². The quantitative estimate of drug-likeness (QED) is 0.638. The molecule has 0 radical (unpaired) electrons. The fraction of sp³-hybridized carbons (Fsp3) is 0.500. The van der Waals surface area contributed by atoms with Crippen molar-refractivity contribution in [2.24, 2.45) is 12.9 Å². The van der Waals surface area contributed by atoms with Gasteiger partial charge in [0.1, 0.15) is 11.5 Å². The SMILES string of the molecule is CCc1cc(CC(NN)c2cc(C)oc2C)n(C)n1. The second-order valence-electron chi connectivity index (χ2n) is 4.90. The molecule has 1 atom stereocenters. The van der Waals surface area contributed by atoms with Crippen molar-refractivity contribution < 1.29 is 4.42 Å². The fourth-order valence-corrected chi connectivity index (χ4v) is 2.40. The third-order valence-corrected chi connectivity index (χ3v) is 3.46. The van der Waals surface area contributed by atoms with Crippen LogP contribution in [0.15, 0.2) is 16.5 Å². The number of nitrogens with two attached hydrogens (primary N) is 1. The molecule has 3 N–H and O–H groups in total. The van der Waals surface area contributed by atoms with E-state index >= 15 is 0 Å². The van der Waals surface area contributed by atoms with Crippen molar-refractivity contribution in [3.8, 4) is 0 Å². The highest BCUT2D eigenvalue weighted by molar-refractivity contribution is 5.26. The Bertz CT molecular complexity index is 556. The molecule has 2 rings (SSSR count). The van der Waals surface area contributed by atoms with Gasteiger partial charge in [-0.3, -0.25) is 16.0 Å². The van der Waals surface area contributed by atoms with Crippen molar-refractivity contribution in [3.05, 3.63) is 40.6 Å². The van der Waals surface area contributed by atoms with Crippen molar-refractivity contribution in [3.63, 3.8) is 0 Å². The molecule has 0 amide bonds. The number of aryl methyl sites for hydroxylation is 4. The minimum Gasteiger partial charge on any atom is -0.466 e. The summed E-state index contributed by atoms with van der Waals surface area (Å²) in [6.07, 6.45) is 1.73. The van der Waals surface area contributed by atoms with Gasteiger partial charge in [-0.2, -0.15) is 5.10 Å². The molecule has 5 heteroatoms. The molecule has 0 spiro atoms. The van der Waals surface area contributed by atoms with Crippen LogP contribution in [0.1, 0.15) is 41.4 Å². The third-order valence-electron chi connectivity index (χ3n) is 3.46. The molecular formula is C14H22N4O. The largest absolute Gasteiger partial charge is 0.466 e. The Morgan fingerprint density at radius 2 is 2.16 bits per heavy atom. The van der Waals surface area contributed by atoms with E-state index in [4.69, 9.17) is 10.3 Å². The van der Waals surface area contributed by atoms with Crippen LogP contribution >= 0.6 is 0 Å². The molecule has 0 saturated carbocycles. The molecule has 0 aliphatic rings. The van der Waals surface area contributed by atoms with E-state index < -0.39 is 0 Å². The first-order chi connectivity index (χ1) is 9.05. The van der Waals surface area contributed by atoms with Crippen LogP contribution in [-0.2, 0) is 19.9 Å². The molecule has 2 aromatic heterocycles. The van der Waals surface area contributed by atoms with Crippen LogP contribution < -0.4 is 11.3 Å². The Hall–Kier alpha value is -1.59. The zero-order chi connectivity index (χ0) is 14.0. The van der Waals surface area contributed by atoms with Gasteiger partial charge in [-0.25, -0.2) is 0 Å². The van der Waals surface area contributed by atoms with Crippen LogP contribution in [0.3, 0.4) is 0 Å². The molecule has 0 aliphatic heterocycles. The van der Waals surface area contributed by atoms with Gasteiger partial charge in [-0.15, -0.1) is 0 Å². The molecule has 2 aromatic rings. The first kappa shape index (κ1) is 13.8. The van der Waals surface area contributed by atoms with Crippen molar-refractivity contribution in [1.29, 1.82) is 0 Å². The number of furan rings is 1. The monoisotopic (exact) mass is 262 g/mol. The summed E-state index contributed by atoms with van der Waals surface area (Å²) in [5, 5.41) is 4.46. The third kappa shape index (κ3) is 2.88. The lowest BCUT2D eigenvalue weighted by molar-refractivity contribution is 0.480. The number of nitrogens with zero attached hydrogens (tertiary/aromatic N) is 2. The lowest BCUT2D eigenvalue weighted by Crippen LogP contribution is -2.30. The summed E-state index contributed by atoms with van der Waals surface area (Å²) < 4.78 is 7.50. The molecular weight excluding hydrogens is 240 g/mol. The maximum absolute atomic E-state index is 5.70. The average Bonchev–Trinajstić information content (AvgIpc) is 2.89. The van der Waals surface area contributed by atoms with Gasteiger partial charge in [0, 0.05) is 24.7 Å². The fourth-order valence-electron chi connectivity index (χ4n) is 2.40. The number of hydrogen-bond acceptors (Lipinski definition) is 4. The van der Waals surface area contributed by atoms with Gasteiger partial charge in [0.15, 0.2) is 0 Å². The van der Waals surface area contributed by atoms with E-state index in [1.54, 1.807) is 0 Å². The van der Waals surface area contributed by atoms with Crippen LogP contribution in [0.2, 0.25) is 0 Å². The predicted octanol–water partition coefficient (Wildman–Crippen LogP) is 1.94. The second-order valence-corrected chi connectivity index (χ2v) is 4.90. The van der Waals surface area contributed by atoms with Crippen molar-refractivity contribution in [1.82, 2.24) is 15.2 Å². The number of hydrogen-bond donors (Lipinski definition) is 2. The Labute approximate surface area is 113 Å². The number of aromatic nitrogens is 2. The van der Waals surface area contributed by atoms with E-state index in [-0.39, 0.29) is 6.04 Å². The summed E-state index contributed by atoms with van der Waals surface area (Å²) in [5.41, 5.74) is 6.25. The zero-order valence-corrected chi connectivity index (χ0v) is 12.0. The maximum Gasteiger partial charge on any atom is 0.105 e. The number of hydrazine groups is 1. The summed E-state index contributed by atoms with van der Waals surface area (Å²) in [7, 11) is 1.97. The Morgan fingerprint density at radius 1 is 1.42 bits per heavy atom. The highest BCUT2D eigenvalue weighted by Crippen LogP contribution is 2.24. The second kappa shape index (κ2) is 5.59. The van der Waals surface area contributed by atoms with Crippen LogP contribution in [0.4, 0.5) is 0 Å². The van der Waals surface area contributed by atoms with Crippen LogP contribution in [0, 0.1) is 13.8 Å². The summed E-state index contributed by atoms with van der Waals surface area (Å²) in [6, 6.07) is 4.21. The summed E-state index contributed by atoms with van der Waals surface area (Å²) in [5.74, 6) is 7.52. The van der Waals surface area contributed by atoms with Crippen molar-refractivity contribution in [2.75, 3.05) is 0 Å². The average molecular weight is 262 g/mol. The van der Waals surface area contributed by atoms with Crippen molar-refractivity contribution >= 4 is 0 Å². The molecule has 0 aliphatic carbocycles. The molecule has 1 unspecified atom stereocenters. The van der Waals surface area contributed by atoms with E-state index in [0.29, 0.717) is 0 Å². The Kier molecular flexibility index (Phi) is 4.07. The van der Waals surface area contributed by atoms with Gasteiger partial charge in [-0.05, 0) is 32.4 Å². The standard InChI is InChI=1S/C14H22N4O/c1-5-11-7-12(18(4)17-11)8-14(16-15)13-6-9(2)19-10(13)3/h6-7,14,16H,5,8,15H2,1-4H3. The van der Waals surface area contributed by atoms with E-state index in [2.05, 4.69) is 23.5 Å². The Morgan fingerprint density at radius 3 is 2.63 bits per heavy atom. The van der Waals surface area contributed by atoms with E-state index in [1.165, 1.54) is 0 Å². The summed E-state index contributed by atoms with van der Waals surface area (Å²) in [6.45, 7) is 6.02. The molecule has 104 valence electrons. The maximum atomic E-state index is 5.70. The first-order valence-electron chi connectivity index (χ1n) is 6.60. The molecule has 5 nitrogen and oxygen atoms in total. The topological polar surface area (TPSA) is 69.0 Å². The highest BCUT2D eigenvalue weighted by atomic mass is 16.3. The normalized spacial score (nSPS) is 12.9. The zero-order valence-electron chi connectivity index (χ0n) is 12.0. The van der Waals surface area contributed by atoms with Gasteiger partial charge in [-0.1, -0.05) is 6.92 Å². The molecule has 0 fully saturated rings. The molecule has 0 bridgehead atoms. The number of nitrogens with one attached hydrogen (secondary N) is 1. The minimum atomic E-state index is 0.0394. The lowest BCUT2D eigenvalue weighted by Gasteiger charge is -2.15. The summed E-state index contributed by atoms with van der Waals surface area (Å²) in [4.78, 5) is 0. The van der Waals surface area contributed by atoms with Gasteiger partial charge in [0.25, 0.3) is 0 Å². The molecule has 0 saturated heterocycles. The first-order valence-corrected chi connectivity index (χ1v) is 6.60. The molecule has 19 heavy (non-hydrogen) atoms. The predicted molar refractivity (Wildman–Crippen MR) is 74.5 cm³/mol. The smallest absolute Gasteiger partial charge is 0.105 e. The number of rotatable bonds is 5. The van der Waals surface area contributed by atoms with Crippen molar-refractivity contribution in [2.45, 2.75) is 39.7 Å². The van der Waals surface area contributed by atoms with Gasteiger partial charge < -0.3 is 4.42 Å². The van der Waals surface area contributed by atoms with Crippen LogP contribution in [0.5, 0.6) is 0 Å². The van der Waals surface area contributed by atoms with E-state index in [0.717, 1.165) is 41.3 Å². The lowest BCUT2D eigenvalue weighted by atomic mass is 10.0. The Balaban J connectivity index is 2.23. The molecule has 2 heterocycles. The van der Waals surface area contributed by atoms with Gasteiger partial charge in [0.05, 0.1) is 11.7 Å².